The molecule has 1 aromatic rings. The smallest absolute Gasteiger partial charge is 0.307 e. The molecule has 3 N–H and O–H groups in total. The third kappa shape index (κ3) is 4.44. The standard InChI is InChI=1S/C11H16N2O2S/c1-16(12,13)8-10(11(14)15)7-9-5-3-2-4-6-9/h2-6,10,12-13H,7-8H2,1H3,(H,14,15). The molecule has 1 aromatic carbocycles. The lowest BCUT2D eigenvalue weighted by molar-refractivity contribution is -0.140. The van der Waals surface area contributed by atoms with Crippen LogP contribution in [0.25, 0.3) is 0 Å². The lowest BCUT2D eigenvalue weighted by atomic mass is 10.0. The molecular formula is C11H16N2O2S. The minimum atomic E-state index is -2.27. The fourth-order valence-electron chi connectivity index (χ4n) is 1.52. The summed E-state index contributed by atoms with van der Waals surface area (Å²) in [7, 11) is -2.27. The highest BCUT2D eigenvalue weighted by molar-refractivity contribution is 7.92. The molecule has 5 heteroatoms. The summed E-state index contributed by atoms with van der Waals surface area (Å²) in [5.74, 6) is -1.42. The number of rotatable bonds is 5. The predicted molar refractivity (Wildman–Crippen MR) is 64.9 cm³/mol. The van der Waals surface area contributed by atoms with Crippen LogP contribution >= 0.6 is 0 Å². The van der Waals surface area contributed by atoms with E-state index in [-0.39, 0.29) is 5.75 Å². The van der Waals surface area contributed by atoms with E-state index in [0.717, 1.165) is 5.56 Å². The Morgan fingerprint density at radius 2 is 1.94 bits per heavy atom. The van der Waals surface area contributed by atoms with E-state index in [4.69, 9.17) is 14.7 Å². The molecule has 1 atom stereocenters. The van der Waals surface area contributed by atoms with E-state index in [1.54, 1.807) is 0 Å². The first kappa shape index (κ1) is 12.7. The highest BCUT2D eigenvalue weighted by atomic mass is 32.2. The van der Waals surface area contributed by atoms with Gasteiger partial charge < -0.3 is 5.11 Å². The first-order valence-corrected chi connectivity index (χ1v) is 7.11. The minimum absolute atomic E-state index is 0.122. The van der Waals surface area contributed by atoms with Crippen LogP contribution in [0.4, 0.5) is 0 Å². The Morgan fingerprint density at radius 1 is 1.38 bits per heavy atom. The van der Waals surface area contributed by atoms with E-state index >= 15 is 0 Å². The first-order valence-electron chi connectivity index (χ1n) is 4.90. The van der Waals surface area contributed by atoms with Crippen LogP contribution < -0.4 is 0 Å². The first-order chi connectivity index (χ1) is 7.38. The van der Waals surface area contributed by atoms with Gasteiger partial charge in [-0.1, -0.05) is 40.0 Å². The van der Waals surface area contributed by atoms with Crippen LogP contribution in [-0.4, -0.2) is 23.1 Å². The van der Waals surface area contributed by atoms with Gasteiger partial charge in [0.1, 0.15) is 0 Å². The summed E-state index contributed by atoms with van der Waals surface area (Å²) >= 11 is 0. The molecule has 0 heterocycles. The van der Waals surface area contributed by atoms with Crippen molar-refractivity contribution in [3.05, 3.63) is 35.9 Å². The molecule has 0 aromatic heterocycles. The highest BCUT2D eigenvalue weighted by Gasteiger charge is 2.19. The molecule has 4 nitrogen and oxygen atoms in total. The lowest BCUT2D eigenvalue weighted by Gasteiger charge is -2.13. The number of nitrogens with one attached hydrogen (secondary N) is 2. The van der Waals surface area contributed by atoms with E-state index in [0.29, 0.717) is 6.42 Å². The van der Waals surface area contributed by atoms with Crippen molar-refractivity contribution >= 4 is 15.6 Å². The molecule has 88 valence electrons. The van der Waals surface area contributed by atoms with Crippen molar-refractivity contribution in [1.29, 1.82) is 9.56 Å². The van der Waals surface area contributed by atoms with Crippen molar-refractivity contribution in [2.75, 3.05) is 12.0 Å². The third-order valence-corrected chi connectivity index (χ3v) is 3.28. The van der Waals surface area contributed by atoms with Crippen LogP contribution in [0.2, 0.25) is 0 Å². The third-order valence-electron chi connectivity index (χ3n) is 2.21. The number of benzene rings is 1. The summed E-state index contributed by atoms with van der Waals surface area (Å²) in [5, 5.41) is 9.04. The Hall–Kier alpha value is -1.36. The molecule has 1 rings (SSSR count). The lowest BCUT2D eigenvalue weighted by Crippen LogP contribution is -2.24. The Kier molecular flexibility index (Phi) is 4.06. The summed E-state index contributed by atoms with van der Waals surface area (Å²) in [6.07, 6.45) is 1.89. The molecule has 0 aliphatic heterocycles. The van der Waals surface area contributed by atoms with Gasteiger partial charge in [0.25, 0.3) is 0 Å². The number of aliphatic carboxylic acids is 1. The maximum atomic E-state index is 11.0. The molecule has 16 heavy (non-hydrogen) atoms. The number of carbonyl (C=O) groups is 1. The van der Waals surface area contributed by atoms with E-state index < -0.39 is 21.5 Å². The maximum Gasteiger partial charge on any atom is 0.307 e. The fraction of sp³-hybridized carbons (Fsp3) is 0.364. The van der Waals surface area contributed by atoms with Gasteiger partial charge in [-0.15, -0.1) is 0 Å². The van der Waals surface area contributed by atoms with E-state index in [9.17, 15) is 4.79 Å². The van der Waals surface area contributed by atoms with Crippen molar-refractivity contribution in [3.8, 4) is 0 Å². The van der Waals surface area contributed by atoms with E-state index in [1.165, 1.54) is 6.26 Å². The number of hydrogen-bond donors (Lipinski definition) is 3. The molecule has 0 bridgehead atoms. The molecule has 0 saturated heterocycles. The monoisotopic (exact) mass is 240 g/mol. The normalized spacial score (nSPS) is 13.3. The Balaban J connectivity index is 2.77. The van der Waals surface area contributed by atoms with Crippen LogP contribution in [-0.2, 0) is 20.8 Å². The van der Waals surface area contributed by atoms with Gasteiger partial charge in [-0.2, -0.15) is 0 Å². The topological polar surface area (TPSA) is 85.0 Å². The van der Waals surface area contributed by atoms with Gasteiger partial charge in [0, 0.05) is 12.0 Å². The van der Waals surface area contributed by atoms with E-state index in [1.807, 2.05) is 30.3 Å². The molecule has 0 saturated carbocycles. The Bertz CT molecular complexity index is 454. The van der Waals surface area contributed by atoms with Gasteiger partial charge in [0.15, 0.2) is 0 Å². The van der Waals surface area contributed by atoms with Crippen LogP contribution in [0.3, 0.4) is 0 Å². The van der Waals surface area contributed by atoms with Crippen LogP contribution in [0.5, 0.6) is 0 Å². The minimum Gasteiger partial charge on any atom is -0.481 e. The number of hydrogen-bond acceptors (Lipinski definition) is 3. The zero-order chi connectivity index (χ0) is 12.2. The quantitative estimate of drug-likeness (QED) is 0.737. The molecule has 0 fully saturated rings. The van der Waals surface area contributed by atoms with Crippen molar-refractivity contribution < 1.29 is 9.90 Å². The highest BCUT2D eigenvalue weighted by Crippen LogP contribution is 2.11. The summed E-state index contributed by atoms with van der Waals surface area (Å²) < 4.78 is 15.0. The summed E-state index contributed by atoms with van der Waals surface area (Å²) in [4.78, 5) is 11.0. The van der Waals surface area contributed by atoms with E-state index in [2.05, 4.69) is 0 Å². The van der Waals surface area contributed by atoms with Crippen LogP contribution in [0.1, 0.15) is 5.56 Å². The van der Waals surface area contributed by atoms with Gasteiger partial charge in [0.2, 0.25) is 0 Å². The SMILES string of the molecule is CS(=N)(=N)CC(Cc1ccccc1)C(=O)O. The molecule has 0 spiro atoms. The molecule has 0 radical (unpaired) electrons. The zero-order valence-corrected chi connectivity index (χ0v) is 9.96. The predicted octanol–water partition coefficient (Wildman–Crippen LogP) is 2.24. The largest absolute Gasteiger partial charge is 0.481 e. The molecule has 0 aliphatic carbocycles. The van der Waals surface area contributed by atoms with Crippen molar-refractivity contribution in [2.45, 2.75) is 6.42 Å². The molecule has 0 aliphatic rings. The van der Waals surface area contributed by atoms with Gasteiger partial charge in [-0.25, -0.2) is 0 Å². The van der Waals surface area contributed by atoms with Crippen molar-refractivity contribution in [3.63, 3.8) is 0 Å². The van der Waals surface area contributed by atoms with Crippen molar-refractivity contribution in [1.82, 2.24) is 0 Å². The van der Waals surface area contributed by atoms with Gasteiger partial charge in [-0.05, 0) is 12.0 Å². The molecular weight excluding hydrogens is 224 g/mol. The Morgan fingerprint density at radius 3 is 2.38 bits per heavy atom. The van der Waals surface area contributed by atoms with Gasteiger partial charge in [-0.3, -0.25) is 14.4 Å². The number of carboxylic acids is 1. The summed E-state index contributed by atoms with van der Waals surface area (Å²) in [5.41, 5.74) is 0.943. The fourth-order valence-corrected chi connectivity index (χ4v) is 2.58. The summed E-state index contributed by atoms with van der Waals surface area (Å²) in [6.45, 7) is 0. The molecule has 1 unspecified atom stereocenters. The maximum absolute atomic E-state index is 11.0. The zero-order valence-electron chi connectivity index (χ0n) is 9.14. The van der Waals surface area contributed by atoms with Crippen LogP contribution in [0.15, 0.2) is 30.3 Å². The second-order valence-electron chi connectivity index (χ2n) is 3.98. The molecule has 0 amide bonds. The second-order valence-corrected chi connectivity index (χ2v) is 6.49. The average Bonchev–Trinajstić information content (AvgIpc) is 2.16. The Labute approximate surface area is 95.7 Å². The second kappa shape index (κ2) is 5.12. The van der Waals surface area contributed by atoms with Gasteiger partial charge >= 0.3 is 5.97 Å². The van der Waals surface area contributed by atoms with Gasteiger partial charge in [0.05, 0.1) is 5.92 Å². The van der Waals surface area contributed by atoms with Crippen LogP contribution in [0, 0.1) is 15.5 Å². The summed E-state index contributed by atoms with van der Waals surface area (Å²) in [6, 6.07) is 9.35. The van der Waals surface area contributed by atoms with Crippen molar-refractivity contribution in [2.24, 2.45) is 5.92 Å². The average molecular weight is 240 g/mol. The number of carboxylic acid groups (broad SMARTS) is 1.